The molecular weight excluding hydrogens is 379 g/mol. The third kappa shape index (κ3) is 5.69. The van der Waals surface area contributed by atoms with E-state index in [0.29, 0.717) is 6.04 Å². The predicted octanol–water partition coefficient (Wildman–Crippen LogP) is 5.26. The monoisotopic (exact) mass is 404 g/mol. The van der Waals surface area contributed by atoms with Crippen molar-refractivity contribution < 1.29 is 13.9 Å². The van der Waals surface area contributed by atoms with Crippen LogP contribution in [-0.2, 0) is 11.3 Å². The molecule has 0 heterocycles. The highest BCUT2D eigenvalue weighted by Crippen LogP contribution is 2.26. The Bertz CT molecular complexity index is 809. The fraction of sp³-hybridized carbons (Fsp3) is 0.409. The number of para-hydroxylation sites is 1. The van der Waals surface area contributed by atoms with E-state index in [0.717, 1.165) is 23.9 Å². The number of carbonyl (C=O) groups excluding carboxylic acids is 1. The van der Waals surface area contributed by atoms with Gasteiger partial charge in [-0.05, 0) is 49.7 Å². The SMILES string of the molecule is CN(Cc1ccccc1NC(=O)COc1ccc(F)cc1Cl)C1CCCCC1. The highest BCUT2D eigenvalue weighted by molar-refractivity contribution is 6.32. The van der Waals surface area contributed by atoms with Crippen molar-refractivity contribution in [2.24, 2.45) is 0 Å². The van der Waals surface area contributed by atoms with Gasteiger partial charge in [-0.1, -0.05) is 49.1 Å². The molecule has 0 atom stereocenters. The molecule has 0 aromatic heterocycles. The van der Waals surface area contributed by atoms with E-state index in [-0.39, 0.29) is 23.3 Å². The van der Waals surface area contributed by atoms with Crippen molar-refractivity contribution in [2.75, 3.05) is 19.0 Å². The molecule has 0 bridgehead atoms. The summed E-state index contributed by atoms with van der Waals surface area (Å²) >= 11 is 5.93. The molecule has 0 spiro atoms. The first kappa shape index (κ1) is 20.6. The van der Waals surface area contributed by atoms with Gasteiger partial charge in [-0.15, -0.1) is 0 Å². The summed E-state index contributed by atoms with van der Waals surface area (Å²) in [5.74, 6) is -0.450. The lowest BCUT2D eigenvalue weighted by atomic mass is 9.94. The van der Waals surface area contributed by atoms with Gasteiger partial charge in [0.1, 0.15) is 11.6 Å². The topological polar surface area (TPSA) is 41.6 Å². The van der Waals surface area contributed by atoms with Crippen molar-refractivity contribution in [3.8, 4) is 5.75 Å². The van der Waals surface area contributed by atoms with Crippen molar-refractivity contribution in [3.63, 3.8) is 0 Å². The Morgan fingerprint density at radius 1 is 1.21 bits per heavy atom. The number of hydrogen-bond acceptors (Lipinski definition) is 3. The lowest BCUT2D eigenvalue weighted by molar-refractivity contribution is -0.118. The standard InChI is InChI=1S/C22H26ClFN2O2/c1-26(18-8-3-2-4-9-18)14-16-7-5-6-10-20(16)25-22(27)15-28-21-12-11-17(24)13-19(21)23/h5-7,10-13,18H,2-4,8-9,14-15H2,1H3,(H,25,27). The minimum absolute atomic E-state index is 0.141. The van der Waals surface area contributed by atoms with Gasteiger partial charge in [-0.3, -0.25) is 9.69 Å². The molecular formula is C22H26ClFN2O2. The molecule has 1 aliphatic rings. The van der Waals surface area contributed by atoms with E-state index in [1.807, 2.05) is 24.3 Å². The Morgan fingerprint density at radius 2 is 1.96 bits per heavy atom. The quantitative estimate of drug-likeness (QED) is 0.684. The van der Waals surface area contributed by atoms with E-state index in [1.165, 1.54) is 44.2 Å². The van der Waals surface area contributed by atoms with Crippen LogP contribution in [0.4, 0.5) is 10.1 Å². The highest BCUT2D eigenvalue weighted by Gasteiger charge is 2.19. The number of nitrogens with zero attached hydrogens (tertiary/aromatic N) is 1. The van der Waals surface area contributed by atoms with Crippen LogP contribution >= 0.6 is 11.6 Å². The van der Waals surface area contributed by atoms with Crippen molar-refractivity contribution in [2.45, 2.75) is 44.7 Å². The van der Waals surface area contributed by atoms with Crippen LogP contribution in [0.15, 0.2) is 42.5 Å². The maximum Gasteiger partial charge on any atom is 0.262 e. The second-order valence-corrected chi connectivity index (χ2v) is 7.68. The summed E-state index contributed by atoms with van der Waals surface area (Å²) in [7, 11) is 2.15. The van der Waals surface area contributed by atoms with Crippen LogP contribution in [0.3, 0.4) is 0 Å². The smallest absolute Gasteiger partial charge is 0.262 e. The van der Waals surface area contributed by atoms with Crippen LogP contribution in [0.5, 0.6) is 5.75 Å². The van der Waals surface area contributed by atoms with E-state index in [9.17, 15) is 9.18 Å². The van der Waals surface area contributed by atoms with Crippen LogP contribution in [0.25, 0.3) is 0 Å². The number of anilines is 1. The molecule has 0 unspecified atom stereocenters. The molecule has 4 nitrogen and oxygen atoms in total. The minimum Gasteiger partial charge on any atom is -0.482 e. The zero-order chi connectivity index (χ0) is 19.9. The number of nitrogens with one attached hydrogen (secondary N) is 1. The second-order valence-electron chi connectivity index (χ2n) is 7.28. The summed E-state index contributed by atoms with van der Waals surface area (Å²) < 4.78 is 18.5. The first-order valence-corrected chi connectivity index (χ1v) is 10.1. The number of amides is 1. The summed E-state index contributed by atoms with van der Waals surface area (Å²) in [6.07, 6.45) is 6.37. The molecule has 1 saturated carbocycles. The Morgan fingerprint density at radius 3 is 2.71 bits per heavy atom. The molecule has 1 aliphatic carbocycles. The molecule has 1 N–H and O–H groups in total. The van der Waals surface area contributed by atoms with Crippen LogP contribution < -0.4 is 10.1 Å². The highest BCUT2D eigenvalue weighted by atomic mass is 35.5. The molecule has 1 amide bonds. The normalized spacial score (nSPS) is 14.9. The molecule has 150 valence electrons. The van der Waals surface area contributed by atoms with E-state index in [4.69, 9.17) is 16.3 Å². The largest absolute Gasteiger partial charge is 0.482 e. The summed E-state index contributed by atoms with van der Waals surface area (Å²) in [6.45, 7) is 0.587. The van der Waals surface area contributed by atoms with Crippen molar-refractivity contribution in [3.05, 3.63) is 58.9 Å². The van der Waals surface area contributed by atoms with Crippen LogP contribution in [-0.4, -0.2) is 30.5 Å². The van der Waals surface area contributed by atoms with Gasteiger partial charge >= 0.3 is 0 Å². The van der Waals surface area contributed by atoms with Gasteiger partial charge in [0.15, 0.2) is 6.61 Å². The number of benzene rings is 2. The van der Waals surface area contributed by atoms with Crippen molar-refractivity contribution >= 4 is 23.2 Å². The van der Waals surface area contributed by atoms with Crippen LogP contribution in [0.2, 0.25) is 5.02 Å². The molecule has 0 radical (unpaired) electrons. The zero-order valence-electron chi connectivity index (χ0n) is 16.1. The van der Waals surface area contributed by atoms with Gasteiger partial charge in [0.05, 0.1) is 5.02 Å². The third-order valence-electron chi connectivity index (χ3n) is 5.16. The summed E-state index contributed by atoms with van der Waals surface area (Å²) in [6, 6.07) is 12.2. The fourth-order valence-corrected chi connectivity index (χ4v) is 3.84. The number of carbonyl (C=O) groups is 1. The van der Waals surface area contributed by atoms with Crippen molar-refractivity contribution in [1.82, 2.24) is 4.90 Å². The molecule has 2 aromatic rings. The van der Waals surface area contributed by atoms with Gasteiger partial charge in [0.2, 0.25) is 0 Å². The summed E-state index contributed by atoms with van der Waals surface area (Å²) in [5.41, 5.74) is 1.85. The third-order valence-corrected chi connectivity index (χ3v) is 5.46. The second kappa shape index (κ2) is 9.89. The van der Waals surface area contributed by atoms with Gasteiger partial charge in [0, 0.05) is 18.3 Å². The lowest BCUT2D eigenvalue weighted by Crippen LogP contribution is -2.33. The van der Waals surface area contributed by atoms with Gasteiger partial charge in [-0.25, -0.2) is 4.39 Å². The maximum atomic E-state index is 13.1. The summed E-state index contributed by atoms with van der Waals surface area (Å²) in [5, 5.41) is 3.05. The molecule has 28 heavy (non-hydrogen) atoms. The van der Waals surface area contributed by atoms with E-state index in [1.54, 1.807) is 0 Å². The van der Waals surface area contributed by atoms with Gasteiger partial charge < -0.3 is 10.1 Å². The first-order valence-electron chi connectivity index (χ1n) is 9.69. The maximum absolute atomic E-state index is 13.1. The van der Waals surface area contributed by atoms with E-state index in [2.05, 4.69) is 17.3 Å². The first-order chi connectivity index (χ1) is 13.5. The Balaban J connectivity index is 1.58. The van der Waals surface area contributed by atoms with E-state index >= 15 is 0 Å². The number of hydrogen-bond donors (Lipinski definition) is 1. The Kier molecular flexibility index (Phi) is 7.29. The molecule has 6 heteroatoms. The number of ether oxygens (including phenoxy) is 1. The van der Waals surface area contributed by atoms with Crippen LogP contribution in [0.1, 0.15) is 37.7 Å². The predicted molar refractivity (Wildman–Crippen MR) is 110 cm³/mol. The Labute approximate surface area is 170 Å². The van der Waals surface area contributed by atoms with E-state index < -0.39 is 5.82 Å². The molecule has 2 aromatic carbocycles. The van der Waals surface area contributed by atoms with Gasteiger partial charge in [0.25, 0.3) is 5.91 Å². The van der Waals surface area contributed by atoms with Gasteiger partial charge in [-0.2, -0.15) is 0 Å². The molecule has 3 rings (SSSR count). The molecule has 0 saturated heterocycles. The molecule has 1 fully saturated rings. The van der Waals surface area contributed by atoms with Crippen LogP contribution in [0, 0.1) is 5.82 Å². The fourth-order valence-electron chi connectivity index (χ4n) is 3.62. The summed E-state index contributed by atoms with van der Waals surface area (Å²) in [4.78, 5) is 14.7. The average Bonchev–Trinajstić information content (AvgIpc) is 2.69. The van der Waals surface area contributed by atoms with Crippen molar-refractivity contribution in [1.29, 1.82) is 0 Å². The lowest BCUT2D eigenvalue weighted by Gasteiger charge is -2.31. The Hall–Kier alpha value is -2.11. The number of halogens is 2. The zero-order valence-corrected chi connectivity index (χ0v) is 16.8. The minimum atomic E-state index is -0.446. The average molecular weight is 405 g/mol. The number of rotatable bonds is 7. The molecule has 0 aliphatic heterocycles.